The largest absolute Gasteiger partial charge is 0.342 e. The number of hydrogen-bond donors (Lipinski definition) is 0. The summed E-state index contributed by atoms with van der Waals surface area (Å²) in [5.74, 6) is 1.75. The van der Waals surface area contributed by atoms with E-state index in [4.69, 9.17) is 4.52 Å². The first-order chi connectivity index (χ1) is 12.7. The number of nitrogens with zero attached hydrogens (tertiary/aromatic N) is 3. The molecule has 0 bridgehead atoms. The number of carbonyl (C=O) groups is 1. The summed E-state index contributed by atoms with van der Waals surface area (Å²) in [5, 5.41) is 6.43. The van der Waals surface area contributed by atoms with E-state index in [2.05, 4.69) is 28.3 Å². The molecule has 1 aliphatic rings. The van der Waals surface area contributed by atoms with E-state index < -0.39 is 0 Å². The van der Waals surface area contributed by atoms with E-state index in [0.717, 1.165) is 42.6 Å². The second kappa shape index (κ2) is 7.28. The van der Waals surface area contributed by atoms with Crippen molar-refractivity contribution in [2.24, 2.45) is 0 Å². The molecule has 3 aromatic rings. The summed E-state index contributed by atoms with van der Waals surface area (Å²) in [7, 11) is 0. The lowest BCUT2D eigenvalue weighted by molar-refractivity contribution is -0.131. The molecule has 2 aromatic carbocycles. The fraction of sp³-hybridized carbons (Fsp3) is 0.381. The molecule has 1 atom stereocenters. The van der Waals surface area contributed by atoms with Crippen molar-refractivity contribution in [3.63, 3.8) is 0 Å². The summed E-state index contributed by atoms with van der Waals surface area (Å²) in [6, 6.07) is 14.4. The van der Waals surface area contributed by atoms with E-state index in [1.165, 1.54) is 5.39 Å². The SMILES string of the molecule is CCc1nc([C@@H]2CCCN(C(=O)Cc3cccc4ccccc34)C2)no1. The molecule has 1 aromatic heterocycles. The molecule has 0 aliphatic carbocycles. The van der Waals surface area contributed by atoms with Crippen LogP contribution >= 0.6 is 0 Å². The Bertz CT molecular complexity index is 913. The van der Waals surface area contributed by atoms with Crippen LogP contribution in [0, 0.1) is 0 Å². The first-order valence-electron chi connectivity index (χ1n) is 9.31. The number of aryl methyl sites for hydroxylation is 1. The fourth-order valence-corrected chi connectivity index (χ4v) is 3.71. The molecule has 1 saturated heterocycles. The molecular formula is C21H23N3O2. The second-order valence-electron chi connectivity index (χ2n) is 6.89. The summed E-state index contributed by atoms with van der Waals surface area (Å²) < 4.78 is 5.24. The molecular weight excluding hydrogens is 326 g/mol. The Morgan fingerprint density at radius 2 is 2.08 bits per heavy atom. The predicted molar refractivity (Wildman–Crippen MR) is 99.9 cm³/mol. The molecule has 0 N–H and O–H groups in total. The normalized spacial score (nSPS) is 17.6. The van der Waals surface area contributed by atoms with Crippen LogP contribution in [0.1, 0.15) is 43.0 Å². The topological polar surface area (TPSA) is 59.2 Å². The molecule has 5 nitrogen and oxygen atoms in total. The molecule has 1 aliphatic heterocycles. The quantitative estimate of drug-likeness (QED) is 0.720. The zero-order valence-electron chi connectivity index (χ0n) is 15.0. The van der Waals surface area contributed by atoms with E-state index in [1.807, 2.05) is 36.1 Å². The van der Waals surface area contributed by atoms with Gasteiger partial charge in [0.1, 0.15) is 0 Å². The summed E-state index contributed by atoms with van der Waals surface area (Å²) in [5.41, 5.74) is 1.09. The molecule has 26 heavy (non-hydrogen) atoms. The Morgan fingerprint density at radius 3 is 2.92 bits per heavy atom. The van der Waals surface area contributed by atoms with Crippen LogP contribution in [-0.2, 0) is 17.6 Å². The first-order valence-corrected chi connectivity index (χ1v) is 9.31. The van der Waals surface area contributed by atoms with Gasteiger partial charge in [-0.25, -0.2) is 0 Å². The van der Waals surface area contributed by atoms with Crippen LogP contribution in [0.4, 0.5) is 0 Å². The number of piperidine rings is 1. The molecule has 0 radical (unpaired) electrons. The highest BCUT2D eigenvalue weighted by Crippen LogP contribution is 2.26. The summed E-state index contributed by atoms with van der Waals surface area (Å²) in [4.78, 5) is 19.3. The van der Waals surface area contributed by atoms with Gasteiger partial charge in [0, 0.05) is 25.4 Å². The lowest BCUT2D eigenvalue weighted by Gasteiger charge is -2.31. The Labute approximate surface area is 153 Å². The summed E-state index contributed by atoms with van der Waals surface area (Å²) in [6.45, 7) is 3.48. The molecule has 1 fully saturated rings. The van der Waals surface area contributed by atoms with E-state index in [0.29, 0.717) is 18.9 Å². The van der Waals surface area contributed by atoms with Crippen LogP contribution in [0.15, 0.2) is 47.0 Å². The highest BCUT2D eigenvalue weighted by atomic mass is 16.5. The smallest absolute Gasteiger partial charge is 0.227 e. The lowest BCUT2D eigenvalue weighted by atomic mass is 9.96. The van der Waals surface area contributed by atoms with Crippen molar-refractivity contribution >= 4 is 16.7 Å². The number of benzene rings is 2. The monoisotopic (exact) mass is 349 g/mol. The second-order valence-corrected chi connectivity index (χ2v) is 6.89. The van der Waals surface area contributed by atoms with Crippen molar-refractivity contribution in [2.75, 3.05) is 13.1 Å². The third kappa shape index (κ3) is 3.34. The standard InChI is InChI=1S/C21H23N3O2/c1-2-19-22-21(23-26-19)17-10-6-12-24(14-17)20(25)13-16-9-5-8-15-7-3-4-11-18(15)16/h3-5,7-9,11,17H,2,6,10,12-14H2,1H3/t17-/m1/s1. The maximum Gasteiger partial charge on any atom is 0.227 e. The summed E-state index contributed by atoms with van der Waals surface area (Å²) in [6.07, 6.45) is 3.15. The Morgan fingerprint density at radius 1 is 1.23 bits per heavy atom. The van der Waals surface area contributed by atoms with Gasteiger partial charge < -0.3 is 9.42 Å². The number of likely N-dealkylation sites (tertiary alicyclic amines) is 1. The average molecular weight is 349 g/mol. The van der Waals surface area contributed by atoms with Gasteiger partial charge in [-0.3, -0.25) is 4.79 Å². The molecule has 0 unspecified atom stereocenters. The van der Waals surface area contributed by atoms with Crippen LogP contribution in [0.3, 0.4) is 0 Å². The van der Waals surface area contributed by atoms with Crippen molar-refractivity contribution in [1.29, 1.82) is 0 Å². The zero-order chi connectivity index (χ0) is 17.9. The van der Waals surface area contributed by atoms with Gasteiger partial charge >= 0.3 is 0 Å². The molecule has 2 heterocycles. The van der Waals surface area contributed by atoms with Gasteiger partial charge in [-0.05, 0) is 29.2 Å². The van der Waals surface area contributed by atoms with Crippen LogP contribution in [0.25, 0.3) is 10.8 Å². The van der Waals surface area contributed by atoms with Gasteiger partial charge in [-0.1, -0.05) is 54.5 Å². The van der Waals surface area contributed by atoms with Crippen molar-refractivity contribution in [2.45, 2.75) is 38.5 Å². The highest BCUT2D eigenvalue weighted by Gasteiger charge is 2.28. The van der Waals surface area contributed by atoms with Crippen LogP contribution in [-0.4, -0.2) is 34.0 Å². The van der Waals surface area contributed by atoms with Gasteiger partial charge in [0.15, 0.2) is 5.82 Å². The number of amides is 1. The Balaban J connectivity index is 1.49. The number of aromatic nitrogens is 2. The Kier molecular flexibility index (Phi) is 4.69. The van der Waals surface area contributed by atoms with Gasteiger partial charge in [0.25, 0.3) is 0 Å². The van der Waals surface area contributed by atoms with Crippen molar-refractivity contribution < 1.29 is 9.32 Å². The van der Waals surface area contributed by atoms with Crippen molar-refractivity contribution in [1.82, 2.24) is 15.0 Å². The van der Waals surface area contributed by atoms with Gasteiger partial charge in [0.2, 0.25) is 11.8 Å². The lowest BCUT2D eigenvalue weighted by Crippen LogP contribution is -2.40. The van der Waals surface area contributed by atoms with Crippen LogP contribution in [0.5, 0.6) is 0 Å². The molecule has 1 amide bonds. The average Bonchev–Trinajstić information content (AvgIpc) is 3.18. The third-order valence-corrected chi connectivity index (χ3v) is 5.15. The third-order valence-electron chi connectivity index (χ3n) is 5.15. The zero-order valence-corrected chi connectivity index (χ0v) is 15.0. The molecule has 4 rings (SSSR count). The number of fused-ring (bicyclic) bond motifs is 1. The Hall–Kier alpha value is -2.69. The minimum Gasteiger partial charge on any atom is -0.342 e. The number of rotatable bonds is 4. The minimum atomic E-state index is 0.171. The van der Waals surface area contributed by atoms with Crippen molar-refractivity contribution in [3.8, 4) is 0 Å². The van der Waals surface area contributed by atoms with Gasteiger partial charge in [-0.15, -0.1) is 0 Å². The minimum absolute atomic E-state index is 0.171. The first kappa shape index (κ1) is 16.8. The van der Waals surface area contributed by atoms with Gasteiger partial charge in [0.05, 0.1) is 6.42 Å². The maximum absolute atomic E-state index is 12.9. The van der Waals surface area contributed by atoms with Gasteiger partial charge in [-0.2, -0.15) is 4.98 Å². The molecule has 0 spiro atoms. The fourth-order valence-electron chi connectivity index (χ4n) is 3.71. The number of carbonyl (C=O) groups excluding carboxylic acids is 1. The molecule has 0 saturated carbocycles. The summed E-state index contributed by atoms with van der Waals surface area (Å²) >= 11 is 0. The molecule has 134 valence electrons. The van der Waals surface area contributed by atoms with Crippen LogP contribution < -0.4 is 0 Å². The van der Waals surface area contributed by atoms with E-state index in [1.54, 1.807) is 0 Å². The van der Waals surface area contributed by atoms with Crippen molar-refractivity contribution in [3.05, 3.63) is 59.7 Å². The van der Waals surface area contributed by atoms with Crippen LogP contribution in [0.2, 0.25) is 0 Å². The molecule has 5 heteroatoms. The van der Waals surface area contributed by atoms with E-state index in [-0.39, 0.29) is 11.8 Å². The highest BCUT2D eigenvalue weighted by molar-refractivity contribution is 5.90. The number of hydrogen-bond acceptors (Lipinski definition) is 4. The maximum atomic E-state index is 12.9. The predicted octanol–water partition coefficient (Wildman–Crippen LogP) is 3.73. The van der Waals surface area contributed by atoms with E-state index in [9.17, 15) is 4.79 Å². The van der Waals surface area contributed by atoms with E-state index >= 15 is 0 Å².